The number of ether oxygens (including phenoxy) is 1. The molecule has 0 fully saturated rings. The van der Waals surface area contributed by atoms with Crippen LogP contribution < -0.4 is 26.4 Å². The van der Waals surface area contributed by atoms with E-state index < -0.39 is 30.3 Å². The Bertz CT molecular complexity index is 1390. The third-order valence-electron chi connectivity index (χ3n) is 5.17. The van der Waals surface area contributed by atoms with E-state index in [-0.39, 0.29) is 53.8 Å². The van der Waals surface area contributed by atoms with Gasteiger partial charge < -0.3 is 36.6 Å². The van der Waals surface area contributed by atoms with E-state index in [1.807, 2.05) is 0 Å². The van der Waals surface area contributed by atoms with Crippen molar-refractivity contribution in [3.63, 3.8) is 0 Å². The number of nitrogen functional groups attached to an aromatic ring is 2. The Morgan fingerprint density at radius 3 is 2.62 bits per heavy atom. The molecule has 1 amide bonds. The van der Waals surface area contributed by atoms with Gasteiger partial charge in [-0.25, -0.2) is 14.8 Å². The summed E-state index contributed by atoms with van der Waals surface area (Å²) in [6.07, 6.45) is 6.38. The van der Waals surface area contributed by atoms with E-state index in [2.05, 4.69) is 31.2 Å². The normalized spacial score (nSPS) is 11.4. The van der Waals surface area contributed by atoms with E-state index in [9.17, 15) is 19.5 Å². The molecule has 0 aliphatic rings. The maximum Gasteiger partial charge on any atom is 0.326 e. The lowest BCUT2D eigenvalue weighted by Gasteiger charge is -2.24. The summed E-state index contributed by atoms with van der Waals surface area (Å²) in [4.78, 5) is 53.2. The monoisotopic (exact) mass is 508 g/mol. The number of carboxylic acids is 2. The van der Waals surface area contributed by atoms with Gasteiger partial charge in [-0.2, -0.15) is 9.97 Å². The fourth-order valence-corrected chi connectivity index (χ4v) is 3.44. The first-order valence-corrected chi connectivity index (χ1v) is 10.8. The lowest BCUT2D eigenvalue weighted by molar-refractivity contribution is -0.140. The van der Waals surface area contributed by atoms with Crippen LogP contribution in [0, 0.1) is 12.3 Å². The Labute approximate surface area is 210 Å². The molecule has 7 N–H and O–H groups in total. The molecule has 0 radical (unpaired) electrons. The Hall–Kier alpha value is -5.19. The maximum atomic E-state index is 12.7. The van der Waals surface area contributed by atoms with Crippen molar-refractivity contribution in [2.45, 2.75) is 25.4 Å². The van der Waals surface area contributed by atoms with E-state index in [1.165, 1.54) is 25.4 Å². The number of hydrogen-bond acceptors (Lipinski definition) is 11. The van der Waals surface area contributed by atoms with Crippen LogP contribution in [0.1, 0.15) is 28.9 Å². The minimum Gasteiger partial charge on any atom is -0.495 e. The lowest BCUT2D eigenvalue weighted by atomic mass is 10.1. The highest BCUT2D eigenvalue weighted by atomic mass is 16.5. The van der Waals surface area contributed by atoms with Crippen molar-refractivity contribution in [1.82, 2.24) is 25.3 Å². The SMILES string of the molecule is C#CCN(Cc1cnc2nc(N)nc(N)c2n1)c1ccc(C(=O)NC(CCC(=O)O)C(=O)O)cc1OC. The predicted molar refractivity (Wildman–Crippen MR) is 133 cm³/mol. The van der Waals surface area contributed by atoms with Gasteiger partial charge in [0, 0.05) is 12.0 Å². The van der Waals surface area contributed by atoms with Crippen molar-refractivity contribution in [3.05, 3.63) is 35.7 Å². The van der Waals surface area contributed by atoms with E-state index in [1.54, 1.807) is 11.0 Å². The molecule has 0 aliphatic heterocycles. The molecule has 14 nitrogen and oxygen atoms in total. The van der Waals surface area contributed by atoms with Gasteiger partial charge in [-0.1, -0.05) is 5.92 Å². The molecule has 2 aromatic heterocycles. The highest BCUT2D eigenvalue weighted by Crippen LogP contribution is 2.30. The quantitative estimate of drug-likeness (QED) is 0.220. The van der Waals surface area contributed by atoms with Gasteiger partial charge >= 0.3 is 11.9 Å². The van der Waals surface area contributed by atoms with Crippen molar-refractivity contribution in [2.24, 2.45) is 0 Å². The number of carbonyl (C=O) groups excluding carboxylic acids is 1. The molecule has 0 saturated heterocycles. The zero-order valence-corrected chi connectivity index (χ0v) is 19.7. The molecule has 1 atom stereocenters. The first-order chi connectivity index (χ1) is 17.6. The Morgan fingerprint density at radius 1 is 1.22 bits per heavy atom. The van der Waals surface area contributed by atoms with Crippen LogP contribution in [0.25, 0.3) is 11.2 Å². The van der Waals surface area contributed by atoms with Crippen LogP contribution in [0.3, 0.4) is 0 Å². The van der Waals surface area contributed by atoms with Crippen LogP contribution in [-0.2, 0) is 16.1 Å². The van der Waals surface area contributed by atoms with Crippen LogP contribution in [0.5, 0.6) is 5.75 Å². The molecular formula is C23H24N8O6. The molecule has 1 aromatic carbocycles. The number of carboxylic acid groups (broad SMARTS) is 2. The van der Waals surface area contributed by atoms with Crippen molar-refractivity contribution in [3.8, 4) is 18.1 Å². The van der Waals surface area contributed by atoms with E-state index in [0.717, 1.165) is 0 Å². The van der Waals surface area contributed by atoms with Gasteiger partial charge in [-0.15, -0.1) is 6.42 Å². The smallest absolute Gasteiger partial charge is 0.326 e. The Kier molecular flexibility index (Phi) is 8.20. The molecule has 0 spiro atoms. The number of benzene rings is 1. The second kappa shape index (κ2) is 11.5. The standard InChI is InChI=1S/C23H24N8O6/c1-3-8-31(11-13-10-26-20-18(27-13)19(24)29-23(25)30-20)15-6-4-12(9-16(15)37-2)21(34)28-14(22(35)36)5-7-17(32)33/h1,4,6,9-10,14H,5,7-8,11H2,2H3,(H,28,34)(H,32,33)(H,35,36)(H4,24,25,26,29,30). The van der Waals surface area contributed by atoms with Gasteiger partial charge in [0.2, 0.25) is 5.95 Å². The van der Waals surface area contributed by atoms with Gasteiger partial charge in [0.1, 0.15) is 11.8 Å². The molecule has 14 heteroatoms. The summed E-state index contributed by atoms with van der Waals surface area (Å²) in [5.41, 5.74) is 13.2. The number of anilines is 3. The zero-order chi connectivity index (χ0) is 27.1. The number of amides is 1. The molecule has 2 heterocycles. The number of aromatic nitrogens is 4. The number of rotatable bonds is 11. The fourth-order valence-electron chi connectivity index (χ4n) is 3.44. The molecule has 3 rings (SSSR count). The van der Waals surface area contributed by atoms with Crippen molar-refractivity contribution in [1.29, 1.82) is 0 Å². The minimum atomic E-state index is -1.37. The van der Waals surface area contributed by atoms with Crippen molar-refractivity contribution < 1.29 is 29.3 Å². The van der Waals surface area contributed by atoms with Crippen molar-refractivity contribution >= 4 is 46.5 Å². The molecule has 1 unspecified atom stereocenters. The number of nitrogens with zero attached hydrogens (tertiary/aromatic N) is 5. The fraction of sp³-hybridized carbons (Fsp3) is 0.261. The summed E-state index contributed by atoms with van der Waals surface area (Å²) in [7, 11) is 1.40. The molecular weight excluding hydrogens is 484 g/mol. The zero-order valence-electron chi connectivity index (χ0n) is 19.7. The predicted octanol–water partition coefficient (Wildman–Crippen LogP) is 0.280. The minimum absolute atomic E-state index is 0.0218. The Morgan fingerprint density at radius 2 is 1.97 bits per heavy atom. The van der Waals surface area contributed by atoms with Crippen molar-refractivity contribution in [2.75, 3.05) is 30.0 Å². The molecule has 0 saturated carbocycles. The first-order valence-electron chi connectivity index (χ1n) is 10.8. The Balaban J connectivity index is 1.86. The number of nitrogens with two attached hydrogens (primary N) is 2. The number of nitrogens with one attached hydrogen (secondary N) is 1. The number of hydrogen-bond donors (Lipinski definition) is 5. The van der Waals surface area contributed by atoms with E-state index in [4.69, 9.17) is 27.7 Å². The van der Waals surface area contributed by atoms with Crippen LogP contribution in [0.2, 0.25) is 0 Å². The second-order valence-electron chi connectivity index (χ2n) is 7.74. The number of aliphatic carboxylic acids is 2. The lowest BCUT2D eigenvalue weighted by Crippen LogP contribution is -2.41. The molecule has 0 aliphatic carbocycles. The summed E-state index contributed by atoms with van der Waals surface area (Å²) in [6.45, 7) is 0.334. The van der Waals surface area contributed by atoms with E-state index >= 15 is 0 Å². The average molecular weight is 508 g/mol. The van der Waals surface area contributed by atoms with Gasteiger partial charge in [-0.05, 0) is 24.6 Å². The number of terminal acetylenes is 1. The highest BCUT2D eigenvalue weighted by molar-refractivity contribution is 5.97. The highest BCUT2D eigenvalue weighted by Gasteiger charge is 2.23. The average Bonchev–Trinajstić information content (AvgIpc) is 2.85. The van der Waals surface area contributed by atoms with Crippen LogP contribution >= 0.6 is 0 Å². The van der Waals surface area contributed by atoms with Crippen LogP contribution in [-0.4, -0.2) is 67.7 Å². The van der Waals surface area contributed by atoms with Gasteiger partial charge in [0.15, 0.2) is 17.0 Å². The van der Waals surface area contributed by atoms with Gasteiger partial charge in [0.05, 0.1) is 37.8 Å². The third-order valence-corrected chi connectivity index (χ3v) is 5.17. The number of methoxy groups -OCH3 is 1. The summed E-state index contributed by atoms with van der Waals surface area (Å²) < 4.78 is 5.46. The summed E-state index contributed by atoms with van der Waals surface area (Å²) in [6, 6.07) is 3.11. The summed E-state index contributed by atoms with van der Waals surface area (Å²) >= 11 is 0. The van der Waals surface area contributed by atoms with Crippen LogP contribution in [0.15, 0.2) is 24.4 Å². The number of fused-ring (bicyclic) bond motifs is 1. The first kappa shape index (κ1) is 26.4. The van der Waals surface area contributed by atoms with Crippen LogP contribution in [0.4, 0.5) is 17.5 Å². The molecule has 3 aromatic rings. The topological polar surface area (TPSA) is 220 Å². The molecule has 37 heavy (non-hydrogen) atoms. The summed E-state index contributed by atoms with van der Waals surface area (Å²) in [5, 5.41) is 20.4. The second-order valence-corrected chi connectivity index (χ2v) is 7.74. The molecule has 0 bridgehead atoms. The van der Waals surface area contributed by atoms with E-state index in [0.29, 0.717) is 11.4 Å². The third kappa shape index (κ3) is 6.48. The van der Waals surface area contributed by atoms with Gasteiger partial charge in [0.25, 0.3) is 5.91 Å². The number of carbonyl (C=O) groups is 3. The van der Waals surface area contributed by atoms with Gasteiger partial charge in [-0.3, -0.25) is 9.59 Å². The largest absolute Gasteiger partial charge is 0.495 e. The summed E-state index contributed by atoms with van der Waals surface area (Å²) in [5.74, 6) is -0.325. The maximum absolute atomic E-state index is 12.7. The molecule has 192 valence electrons.